The van der Waals surface area contributed by atoms with Gasteiger partial charge in [0.1, 0.15) is 5.69 Å². The SMILES string of the molecule is CCc1nc(-c2ncc(Br)cc2Br)ncc1C(=O)O. The Kier molecular flexibility index (Phi) is 4.26. The van der Waals surface area contributed by atoms with Crippen molar-refractivity contribution in [3.8, 4) is 11.5 Å². The predicted molar refractivity (Wildman–Crippen MR) is 77.0 cm³/mol. The molecular formula is C12H9Br2N3O2. The highest BCUT2D eigenvalue weighted by Gasteiger charge is 2.15. The van der Waals surface area contributed by atoms with E-state index in [-0.39, 0.29) is 5.56 Å². The maximum absolute atomic E-state index is 11.0. The molecule has 0 radical (unpaired) electrons. The number of carboxylic acids is 1. The van der Waals surface area contributed by atoms with E-state index >= 15 is 0 Å². The first-order chi connectivity index (χ1) is 9.02. The average Bonchev–Trinajstić information content (AvgIpc) is 2.37. The van der Waals surface area contributed by atoms with E-state index in [4.69, 9.17) is 5.11 Å². The Morgan fingerprint density at radius 3 is 2.63 bits per heavy atom. The van der Waals surface area contributed by atoms with Crippen LogP contribution in [0.15, 0.2) is 27.4 Å². The Bertz CT molecular complexity index is 647. The van der Waals surface area contributed by atoms with Gasteiger partial charge < -0.3 is 5.11 Å². The topological polar surface area (TPSA) is 76.0 Å². The summed E-state index contributed by atoms with van der Waals surface area (Å²) in [6, 6.07) is 1.84. The molecule has 0 saturated carbocycles. The number of rotatable bonds is 3. The zero-order valence-corrected chi connectivity index (χ0v) is 13.1. The highest BCUT2D eigenvalue weighted by molar-refractivity contribution is 9.11. The van der Waals surface area contributed by atoms with Crippen LogP contribution in [0.2, 0.25) is 0 Å². The van der Waals surface area contributed by atoms with E-state index in [0.29, 0.717) is 23.6 Å². The molecule has 0 spiro atoms. The zero-order valence-electron chi connectivity index (χ0n) is 9.89. The van der Waals surface area contributed by atoms with E-state index in [0.717, 1.165) is 8.95 Å². The van der Waals surface area contributed by atoms with Crippen LogP contribution in [-0.2, 0) is 6.42 Å². The van der Waals surface area contributed by atoms with Crippen LogP contribution in [0.25, 0.3) is 11.5 Å². The van der Waals surface area contributed by atoms with Crippen molar-refractivity contribution in [1.29, 1.82) is 0 Å². The summed E-state index contributed by atoms with van der Waals surface area (Å²) in [6.07, 6.45) is 3.48. The molecule has 0 amide bonds. The molecule has 0 aliphatic heterocycles. The largest absolute Gasteiger partial charge is 0.478 e. The molecule has 0 fully saturated rings. The number of carbonyl (C=O) groups is 1. The van der Waals surface area contributed by atoms with Gasteiger partial charge in [0.25, 0.3) is 0 Å². The molecule has 2 heterocycles. The van der Waals surface area contributed by atoms with Crippen LogP contribution in [-0.4, -0.2) is 26.0 Å². The van der Waals surface area contributed by atoms with Crippen molar-refractivity contribution in [1.82, 2.24) is 15.0 Å². The first-order valence-electron chi connectivity index (χ1n) is 5.43. The van der Waals surface area contributed by atoms with Crippen molar-refractivity contribution in [2.75, 3.05) is 0 Å². The van der Waals surface area contributed by atoms with Crippen LogP contribution >= 0.6 is 31.9 Å². The van der Waals surface area contributed by atoms with E-state index in [9.17, 15) is 4.79 Å². The van der Waals surface area contributed by atoms with Crippen molar-refractivity contribution in [2.24, 2.45) is 0 Å². The van der Waals surface area contributed by atoms with Crippen LogP contribution in [0.5, 0.6) is 0 Å². The lowest BCUT2D eigenvalue weighted by atomic mass is 10.2. The highest BCUT2D eigenvalue weighted by atomic mass is 79.9. The Hall–Kier alpha value is -1.34. The molecule has 5 nitrogen and oxygen atoms in total. The number of aromatic carboxylic acids is 1. The van der Waals surface area contributed by atoms with Gasteiger partial charge in [0, 0.05) is 21.3 Å². The lowest BCUT2D eigenvalue weighted by Crippen LogP contribution is -2.07. The normalized spacial score (nSPS) is 10.5. The van der Waals surface area contributed by atoms with Gasteiger partial charge >= 0.3 is 5.97 Å². The maximum Gasteiger partial charge on any atom is 0.339 e. The molecule has 0 unspecified atom stereocenters. The molecular weight excluding hydrogens is 378 g/mol. The maximum atomic E-state index is 11.0. The summed E-state index contributed by atoms with van der Waals surface area (Å²) >= 11 is 6.71. The van der Waals surface area contributed by atoms with Gasteiger partial charge in [-0.05, 0) is 44.3 Å². The summed E-state index contributed by atoms with van der Waals surface area (Å²) in [5.41, 5.74) is 1.20. The molecule has 2 rings (SSSR count). The minimum absolute atomic E-state index is 0.125. The van der Waals surface area contributed by atoms with Gasteiger partial charge in [-0.2, -0.15) is 0 Å². The molecule has 0 aliphatic carbocycles. The monoisotopic (exact) mass is 385 g/mol. The third-order valence-corrected chi connectivity index (χ3v) is 3.49. The first-order valence-corrected chi connectivity index (χ1v) is 7.02. The number of halogens is 2. The third-order valence-electron chi connectivity index (χ3n) is 2.45. The molecule has 1 N–H and O–H groups in total. The fourth-order valence-corrected chi connectivity index (χ4v) is 2.72. The molecule has 0 saturated heterocycles. The zero-order chi connectivity index (χ0) is 14.0. The van der Waals surface area contributed by atoms with Gasteiger partial charge in [0.05, 0.1) is 11.3 Å². The molecule has 2 aromatic heterocycles. The van der Waals surface area contributed by atoms with Crippen LogP contribution in [0, 0.1) is 0 Å². The molecule has 7 heteroatoms. The van der Waals surface area contributed by atoms with Crippen LogP contribution in [0.4, 0.5) is 0 Å². The van der Waals surface area contributed by atoms with Crippen LogP contribution in [0.3, 0.4) is 0 Å². The molecule has 2 aromatic rings. The van der Waals surface area contributed by atoms with Crippen molar-refractivity contribution < 1.29 is 9.90 Å². The molecule has 19 heavy (non-hydrogen) atoms. The Labute approximate surface area is 126 Å². The van der Waals surface area contributed by atoms with Gasteiger partial charge in [0.2, 0.25) is 0 Å². The fourth-order valence-electron chi connectivity index (χ4n) is 1.56. The molecule has 0 aliphatic rings. The minimum atomic E-state index is -1.02. The number of pyridine rings is 1. The van der Waals surface area contributed by atoms with Gasteiger partial charge in [-0.1, -0.05) is 6.92 Å². The summed E-state index contributed by atoms with van der Waals surface area (Å²) in [7, 11) is 0. The van der Waals surface area contributed by atoms with E-state index in [1.165, 1.54) is 6.20 Å². The van der Waals surface area contributed by atoms with Crippen LogP contribution < -0.4 is 0 Å². The standard InChI is InChI=1S/C12H9Br2N3O2/c1-2-9-7(12(18)19)5-16-11(17-9)10-8(14)3-6(13)4-15-10/h3-5H,2H2,1H3,(H,18,19). The van der Waals surface area contributed by atoms with E-state index in [1.54, 1.807) is 6.20 Å². The van der Waals surface area contributed by atoms with Crippen molar-refractivity contribution in [3.63, 3.8) is 0 Å². The third kappa shape index (κ3) is 2.98. The Morgan fingerprint density at radius 1 is 1.32 bits per heavy atom. The van der Waals surface area contributed by atoms with Gasteiger partial charge in [-0.15, -0.1) is 0 Å². The number of aryl methyl sites for hydroxylation is 1. The predicted octanol–water partition coefficient (Wildman–Crippen LogP) is 3.32. The summed E-state index contributed by atoms with van der Waals surface area (Å²) in [5, 5.41) is 9.04. The Morgan fingerprint density at radius 2 is 2.05 bits per heavy atom. The van der Waals surface area contributed by atoms with E-state index < -0.39 is 5.97 Å². The Balaban J connectivity index is 2.54. The fraction of sp³-hybridized carbons (Fsp3) is 0.167. The summed E-state index contributed by atoms with van der Waals surface area (Å²) in [6.45, 7) is 1.85. The summed E-state index contributed by atoms with van der Waals surface area (Å²) in [5.74, 6) is -0.618. The quantitative estimate of drug-likeness (QED) is 0.875. The second kappa shape index (κ2) is 5.75. The van der Waals surface area contributed by atoms with E-state index in [2.05, 4.69) is 46.8 Å². The lowest BCUT2D eigenvalue weighted by Gasteiger charge is -2.06. The smallest absolute Gasteiger partial charge is 0.339 e. The van der Waals surface area contributed by atoms with Gasteiger partial charge in [-0.25, -0.2) is 14.8 Å². The highest BCUT2D eigenvalue weighted by Crippen LogP contribution is 2.26. The average molecular weight is 387 g/mol. The number of hydrogen-bond acceptors (Lipinski definition) is 4. The van der Waals surface area contributed by atoms with Crippen molar-refractivity contribution in [3.05, 3.63) is 38.7 Å². The van der Waals surface area contributed by atoms with Gasteiger partial charge in [-0.3, -0.25) is 4.98 Å². The minimum Gasteiger partial charge on any atom is -0.478 e. The summed E-state index contributed by atoms with van der Waals surface area (Å²) < 4.78 is 1.58. The van der Waals surface area contributed by atoms with Crippen molar-refractivity contribution >= 4 is 37.8 Å². The first kappa shape index (κ1) is 14.1. The second-order valence-corrected chi connectivity index (χ2v) is 5.47. The molecule has 0 aromatic carbocycles. The summed E-state index contributed by atoms with van der Waals surface area (Å²) in [4.78, 5) is 23.6. The molecule has 0 bridgehead atoms. The number of hydrogen-bond donors (Lipinski definition) is 1. The van der Waals surface area contributed by atoms with Gasteiger partial charge in [0.15, 0.2) is 5.82 Å². The number of nitrogens with zero attached hydrogens (tertiary/aromatic N) is 3. The lowest BCUT2D eigenvalue weighted by molar-refractivity contribution is 0.0694. The van der Waals surface area contributed by atoms with Crippen LogP contribution in [0.1, 0.15) is 23.0 Å². The van der Waals surface area contributed by atoms with E-state index in [1.807, 2.05) is 13.0 Å². The molecule has 98 valence electrons. The second-order valence-electron chi connectivity index (χ2n) is 3.70. The molecule has 0 atom stereocenters. The number of aromatic nitrogens is 3. The number of carboxylic acid groups (broad SMARTS) is 1. The van der Waals surface area contributed by atoms with Crippen molar-refractivity contribution in [2.45, 2.75) is 13.3 Å².